The van der Waals surface area contributed by atoms with Gasteiger partial charge >= 0.3 is 12.1 Å². The van der Waals surface area contributed by atoms with E-state index in [4.69, 9.17) is 5.26 Å². The number of halogens is 5. The molecule has 1 rings (SSSR count). The lowest BCUT2D eigenvalue weighted by molar-refractivity contribution is -0.281. The Kier molecular flexibility index (Phi) is 3.17. The van der Waals surface area contributed by atoms with Crippen molar-refractivity contribution in [2.24, 2.45) is 0 Å². The van der Waals surface area contributed by atoms with Gasteiger partial charge in [0, 0.05) is 6.42 Å². The maximum Gasteiger partial charge on any atom is 0.453 e. The number of nitriles is 1. The quantitative estimate of drug-likeness (QED) is 0.721. The Hall–Kier alpha value is -1.64. The largest absolute Gasteiger partial charge is 0.453 e. The first-order valence-corrected chi connectivity index (χ1v) is 4.20. The van der Waals surface area contributed by atoms with Gasteiger partial charge in [0.25, 0.3) is 0 Å². The minimum Gasteiger partial charge on any atom is -0.196 e. The highest BCUT2D eigenvalue weighted by Crippen LogP contribution is 2.37. The van der Waals surface area contributed by atoms with Crippen LogP contribution in [0.5, 0.6) is 0 Å². The van der Waals surface area contributed by atoms with Gasteiger partial charge in [-0.2, -0.15) is 27.2 Å². The van der Waals surface area contributed by atoms with E-state index >= 15 is 0 Å². The molecule has 0 saturated carbocycles. The highest BCUT2D eigenvalue weighted by molar-refractivity contribution is 5.33. The van der Waals surface area contributed by atoms with Crippen molar-refractivity contribution < 1.29 is 22.0 Å². The lowest BCUT2D eigenvalue weighted by atomic mass is 10.0. The Morgan fingerprint density at radius 1 is 1.12 bits per heavy atom. The Morgan fingerprint density at radius 3 is 2.25 bits per heavy atom. The van der Waals surface area contributed by atoms with Gasteiger partial charge in [-0.25, -0.2) is 0 Å². The van der Waals surface area contributed by atoms with Gasteiger partial charge < -0.3 is 0 Å². The fourth-order valence-electron chi connectivity index (χ4n) is 1.11. The van der Waals surface area contributed by atoms with Crippen molar-refractivity contribution in [2.45, 2.75) is 18.5 Å². The molecule has 0 saturated heterocycles. The van der Waals surface area contributed by atoms with E-state index in [0.29, 0.717) is 0 Å². The molecule has 0 atom stereocenters. The van der Waals surface area contributed by atoms with Crippen molar-refractivity contribution in [3.8, 4) is 6.07 Å². The number of hydrogen-bond acceptors (Lipinski definition) is 1. The molecule has 0 aliphatic carbocycles. The van der Waals surface area contributed by atoms with Crippen molar-refractivity contribution in [1.29, 1.82) is 5.26 Å². The summed E-state index contributed by atoms with van der Waals surface area (Å²) in [5, 5.41) is 8.46. The number of rotatable bonds is 2. The fraction of sp³-hybridized carbons (Fsp3) is 0.300. The van der Waals surface area contributed by atoms with Crippen LogP contribution < -0.4 is 0 Å². The van der Waals surface area contributed by atoms with E-state index in [-0.39, 0.29) is 11.1 Å². The van der Waals surface area contributed by atoms with Crippen molar-refractivity contribution in [1.82, 2.24) is 0 Å². The lowest BCUT2D eigenvalue weighted by Gasteiger charge is -2.19. The van der Waals surface area contributed by atoms with E-state index in [1.54, 1.807) is 6.07 Å². The molecule has 0 fully saturated rings. The molecule has 0 spiro atoms. The zero-order chi connectivity index (χ0) is 12.4. The average Bonchev–Trinajstić information content (AvgIpc) is 2.15. The standard InChI is InChI=1S/C10H6F5N/c11-9(12,10(13,14)15)5-7-2-1-3-8(4-7)6-16/h1-4H,5H2. The van der Waals surface area contributed by atoms with E-state index in [9.17, 15) is 22.0 Å². The van der Waals surface area contributed by atoms with Crippen LogP contribution in [0.25, 0.3) is 0 Å². The summed E-state index contributed by atoms with van der Waals surface area (Å²) >= 11 is 0. The molecule has 0 amide bonds. The topological polar surface area (TPSA) is 23.8 Å². The predicted octanol–water partition coefficient (Wildman–Crippen LogP) is 3.30. The second kappa shape index (κ2) is 4.08. The summed E-state index contributed by atoms with van der Waals surface area (Å²) < 4.78 is 60.9. The van der Waals surface area contributed by atoms with Crippen LogP contribution in [0, 0.1) is 11.3 Å². The van der Waals surface area contributed by atoms with Crippen LogP contribution in [-0.4, -0.2) is 12.1 Å². The Labute approximate surface area is 88.1 Å². The highest BCUT2D eigenvalue weighted by Gasteiger charge is 2.57. The molecule has 0 aromatic heterocycles. The molecule has 0 aliphatic rings. The smallest absolute Gasteiger partial charge is 0.196 e. The monoisotopic (exact) mass is 235 g/mol. The highest BCUT2D eigenvalue weighted by atomic mass is 19.4. The maximum atomic E-state index is 12.6. The average molecular weight is 235 g/mol. The molecule has 1 aromatic rings. The minimum atomic E-state index is -5.57. The van der Waals surface area contributed by atoms with Gasteiger partial charge in [-0.05, 0) is 17.7 Å². The third kappa shape index (κ3) is 2.69. The van der Waals surface area contributed by atoms with Crippen LogP contribution >= 0.6 is 0 Å². The first-order valence-electron chi connectivity index (χ1n) is 4.20. The summed E-state index contributed by atoms with van der Waals surface area (Å²) in [5.41, 5.74) is -0.170. The van der Waals surface area contributed by atoms with Crippen LogP contribution in [0.2, 0.25) is 0 Å². The number of benzene rings is 1. The predicted molar refractivity (Wildman–Crippen MR) is 45.9 cm³/mol. The third-order valence-corrected chi connectivity index (χ3v) is 1.90. The third-order valence-electron chi connectivity index (χ3n) is 1.90. The van der Waals surface area contributed by atoms with Crippen LogP contribution in [0.15, 0.2) is 24.3 Å². The van der Waals surface area contributed by atoms with Crippen LogP contribution in [0.3, 0.4) is 0 Å². The van der Waals surface area contributed by atoms with E-state index in [2.05, 4.69) is 0 Å². The molecule has 6 heteroatoms. The maximum absolute atomic E-state index is 12.6. The number of nitrogens with zero attached hydrogens (tertiary/aromatic N) is 1. The molecular weight excluding hydrogens is 229 g/mol. The molecule has 0 aliphatic heterocycles. The summed E-state index contributed by atoms with van der Waals surface area (Å²) in [4.78, 5) is 0. The van der Waals surface area contributed by atoms with Gasteiger partial charge in [-0.3, -0.25) is 0 Å². The van der Waals surface area contributed by atoms with E-state index < -0.39 is 18.5 Å². The first kappa shape index (κ1) is 12.4. The van der Waals surface area contributed by atoms with Gasteiger partial charge in [-0.15, -0.1) is 0 Å². The SMILES string of the molecule is N#Cc1cccc(CC(F)(F)C(F)(F)F)c1. The molecular formula is C10H6F5N. The molecule has 86 valence electrons. The summed E-state index contributed by atoms with van der Waals surface area (Å²) in [6.07, 6.45) is -7.03. The zero-order valence-electron chi connectivity index (χ0n) is 7.85. The summed E-state index contributed by atoms with van der Waals surface area (Å²) in [6.45, 7) is 0. The molecule has 0 radical (unpaired) electrons. The van der Waals surface area contributed by atoms with Gasteiger partial charge in [0.2, 0.25) is 0 Å². The molecule has 0 bridgehead atoms. The molecule has 1 nitrogen and oxygen atoms in total. The Bertz CT molecular complexity index is 416. The zero-order valence-corrected chi connectivity index (χ0v) is 7.85. The van der Waals surface area contributed by atoms with Crippen molar-refractivity contribution in [3.05, 3.63) is 35.4 Å². The first-order chi connectivity index (χ1) is 7.26. The molecule has 0 heterocycles. The van der Waals surface area contributed by atoms with Gasteiger partial charge in [0.15, 0.2) is 0 Å². The number of hydrogen-bond donors (Lipinski definition) is 0. The van der Waals surface area contributed by atoms with E-state index in [0.717, 1.165) is 12.1 Å². The fourth-order valence-corrected chi connectivity index (χ4v) is 1.11. The van der Waals surface area contributed by atoms with Crippen LogP contribution in [-0.2, 0) is 6.42 Å². The van der Waals surface area contributed by atoms with Gasteiger partial charge in [0.05, 0.1) is 11.6 Å². The van der Waals surface area contributed by atoms with Gasteiger partial charge in [0.1, 0.15) is 0 Å². The van der Waals surface area contributed by atoms with Gasteiger partial charge in [-0.1, -0.05) is 12.1 Å². The van der Waals surface area contributed by atoms with Crippen LogP contribution in [0.4, 0.5) is 22.0 Å². The Balaban J connectivity index is 2.93. The van der Waals surface area contributed by atoms with E-state index in [1.807, 2.05) is 0 Å². The second-order valence-electron chi connectivity index (χ2n) is 3.19. The van der Waals surface area contributed by atoms with Crippen molar-refractivity contribution in [3.63, 3.8) is 0 Å². The lowest BCUT2D eigenvalue weighted by Crippen LogP contribution is -2.38. The second-order valence-corrected chi connectivity index (χ2v) is 3.19. The van der Waals surface area contributed by atoms with Crippen molar-refractivity contribution in [2.75, 3.05) is 0 Å². The van der Waals surface area contributed by atoms with Crippen LogP contribution in [0.1, 0.15) is 11.1 Å². The number of alkyl halides is 5. The molecule has 0 unspecified atom stereocenters. The summed E-state index contributed by atoms with van der Waals surface area (Å²) in [6, 6.07) is 6.40. The summed E-state index contributed by atoms with van der Waals surface area (Å²) in [7, 11) is 0. The minimum absolute atomic E-state index is 0.0514. The molecule has 1 aromatic carbocycles. The summed E-state index contributed by atoms with van der Waals surface area (Å²) in [5.74, 6) is -4.78. The van der Waals surface area contributed by atoms with Crippen molar-refractivity contribution >= 4 is 0 Å². The van der Waals surface area contributed by atoms with E-state index in [1.165, 1.54) is 12.1 Å². The normalized spacial score (nSPS) is 12.2. The Morgan fingerprint density at radius 2 is 1.75 bits per heavy atom. The molecule has 0 N–H and O–H groups in total. The molecule has 16 heavy (non-hydrogen) atoms.